The van der Waals surface area contributed by atoms with Crippen LogP contribution in [0.5, 0.6) is 0 Å². The van der Waals surface area contributed by atoms with Crippen LogP contribution in [0, 0.1) is 5.82 Å². The van der Waals surface area contributed by atoms with Crippen LogP contribution in [-0.4, -0.2) is 17.6 Å². The lowest BCUT2D eigenvalue weighted by Crippen LogP contribution is -2.15. The van der Waals surface area contributed by atoms with E-state index in [1.807, 2.05) is 0 Å². The third-order valence-electron chi connectivity index (χ3n) is 2.82. The third kappa shape index (κ3) is 2.99. The molecule has 0 aliphatic heterocycles. The first kappa shape index (κ1) is 13.3. The van der Waals surface area contributed by atoms with Crippen LogP contribution in [0.25, 0.3) is 10.9 Å². The molecule has 0 bridgehead atoms. The monoisotopic (exact) mass is 263 g/mol. The molecule has 1 N–H and O–H groups in total. The lowest BCUT2D eigenvalue weighted by Gasteiger charge is -2.04. The van der Waals surface area contributed by atoms with Gasteiger partial charge in [-0.1, -0.05) is 6.07 Å². The van der Waals surface area contributed by atoms with Crippen LogP contribution in [0.2, 0.25) is 0 Å². The van der Waals surface area contributed by atoms with E-state index in [0.29, 0.717) is 23.1 Å². The summed E-state index contributed by atoms with van der Waals surface area (Å²) in [5.41, 5.74) is 0.526. The molecule has 1 aromatic heterocycles. The minimum Gasteiger partial charge on any atom is -0.466 e. The summed E-state index contributed by atoms with van der Waals surface area (Å²) in [6.07, 6.45) is 0.343. The number of hydrogen-bond acceptors (Lipinski definition) is 3. The molecule has 0 aliphatic carbocycles. The number of carbonyl (C=O) groups excluding carboxylic acids is 1. The van der Waals surface area contributed by atoms with Gasteiger partial charge in [0.1, 0.15) is 5.82 Å². The van der Waals surface area contributed by atoms with E-state index < -0.39 is 5.82 Å². The van der Waals surface area contributed by atoms with Gasteiger partial charge in [-0.05, 0) is 31.5 Å². The lowest BCUT2D eigenvalue weighted by molar-refractivity contribution is -0.143. The molecule has 1 aromatic carbocycles. The SMILES string of the molecule is CCOC(=O)CCc1cc2c(F)cccc2[nH]c1=O. The first-order chi connectivity index (χ1) is 9.11. The highest BCUT2D eigenvalue weighted by atomic mass is 19.1. The Kier molecular flexibility index (Phi) is 3.94. The van der Waals surface area contributed by atoms with Crippen LogP contribution >= 0.6 is 0 Å². The molecule has 4 nitrogen and oxygen atoms in total. The Morgan fingerprint density at radius 1 is 1.42 bits per heavy atom. The minimum absolute atomic E-state index is 0.108. The maximum atomic E-state index is 13.6. The molecule has 2 rings (SSSR count). The van der Waals surface area contributed by atoms with Crippen molar-refractivity contribution < 1.29 is 13.9 Å². The molecule has 0 unspecified atom stereocenters. The van der Waals surface area contributed by atoms with Crippen LogP contribution in [-0.2, 0) is 16.0 Å². The number of hydrogen-bond donors (Lipinski definition) is 1. The molecule has 100 valence electrons. The Bertz CT molecular complexity index is 663. The standard InChI is InChI=1S/C14H14FNO3/c1-2-19-13(17)7-6-9-8-10-11(15)4-3-5-12(10)16-14(9)18/h3-5,8H,2,6-7H2,1H3,(H,16,18). The second-order valence-electron chi connectivity index (χ2n) is 4.13. The van der Waals surface area contributed by atoms with Crippen molar-refractivity contribution in [1.29, 1.82) is 0 Å². The smallest absolute Gasteiger partial charge is 0.306 e. The Morgan fingerprint density at radius 2 is 2.21 bits per heavy atom. The zero-order chi connectivity index (χ0) is 13.8. The Hall–Kier alpha value is -2.17. The van der Waals surface area contributed by atoms with Gasteiger partial charge in [0.2, 0.25) is 0 Å². The molecule has 0 saturated carbocycles. The average Bonchev–Trinajstić information content (AvgIpc) is 2.37. The summed E-state index contributed by atoms with van der Waals surface area (Å²) in [5.74, 6) is -0.762. The highest BCUT2D eigenvalue weighted by Gasteiger charge is 2.09. The van der Waals surface area contributed by atoms with Crippen molar-refractivity contribution >= 4 is 16.9 Å². The van der Waals surface area contributed by atoms with Gasteiger partial charge in [0.25, 0.3) is 5.56 Å². The summed E-state index contributed by atoms with van der Waals surface area (Å²) in [7, 11) is 0. The predicted molar refractivity (Wildman–Crippen MR) is 69.5 cm³/mol. The van der Waals surface area contributed by atoms with Gasteiger partial charge < -0.3 is 9.72 Å². The Morgan fingerprint density at radius 3 is 2.95 bits per heavy atom. The van der Waals surface area contributed by atoms with Crippen molar-refractivity contribution in [3.63, 3.8) is 0 Å². The van der Waals surface area contributed by atoms with E-state index in [1.54, 1.807) is 13.0 Å². The van der Waals surface area contributed by atoms with Gasteiger partial charge in [-0.3, -0.25) is 9.59 Å². The van der Waals surface area contributed by atoms with Crippen molar-refractivity contribution in [2.45, 2.75) is 19.8 Å². The van der Waals surface area contributed by atoms with E-state index >= 15 is 0 Å². The zero-order valence-electron chi connectivity index (χ0n) is 10.5. The van der Waals surface area contributed by atoms with Crippen LogP contribution in [0.1, 0.15) is 18.9 Å². The van der Waals surface area contributed by atoms with Crippen molar-refractivity contribution in [2.75, 3.05) is 6.61 Å². The molecule has 0 fully saturated rings. The summed E-state index contributed by atoms with van der Waals surface area (Å²) in [5, 5.41) is 0.348. The highest BCUT2D eigenvalue weighted by Crippen LogP contribution is 2.15. The van der Waals surface area contributed by atoms with E-state index in [0.717, 1.165) is 0 Å². The number of esters is 1. The molecular weight excluding hydrogens is 249 g/mol. The number of ether oxygens (including phenoxy) is 1. The molecule has 1 heterocycles. The molecule has 2 aromatic rings. The third-order valence-corrected chi connectivity index (χ3v) is 2.82. The molecule has 0 atom stereocenters. The molecular formula is C14H14FNO3. The average molecular weight is 263 g/mol. The lowest BCUT2D eigenvalue weighted by atomic mass is 10.1. The van der Waals surface area contributed by atoms with Crippen LogP contribution < -0.4 is 5.56 Å². The van der Waals surface area contributed by atoms with Crippen molar-refractivity contribution in [3.8, 4) is 0 Å². The molecule has 5 heteroatoms. The van der Waals surface area contributed by atoms with Crippen molar-refractivity contribution in [3.05, 3.63) is 46.0 Å². The molecule has 0 saturated heterocycles. The summed E-state index contributed by atoms with van der Waals surface area (Å²) < 4.78 is 18.4. The van der Waals surface area contributed by atoms with E-state index in [2.05, 4.69) is 4.98 Å². The van der Waals surface area contributed by atoms with Crippen LogP contribution in [0.15, 0.2) is 29.1 Å². The van der Waals surface area contributed by atoms with Crippen LogP contribution in [0.3, 0.4) is 0 Å². The molecule has 0 radical (unpaired) electrons. The number of aromatic nitrogens is 1. The first-order valence-electron chi connectivity index (χ1n) is 6.08. The Labute approximate surface area is 109 Å². The molecule has 0 amide bonds. The fraction of sp³-hybridized carbons (Fsp3) is 0.286. The van der Waals surface area contributed by atoms with E-state index in [1.165, 1.54) is 18.2 Å². The summed E-state index contributed by atoms with van der Waals surface area (Å²) in [6, 6.07) is 5.99. The maximum absolute atomic E-state index is 13.6. The second-order valence-corrected chi connectivity index (χ2v) is 4.13. The quantitative estimate of drug-likeness (QED) is 0.860. The van der Waals surface area contributed by atoms with Crippen molar-refractivity contribution in [1.82, 2.24) is 4.98 Å². The molecule has 0 spiro atoms. The zero-order valence-corrected chi connectivity index (χ0v) is 10.5. The maximum Gasteiger partial charge on any atom is 0.306 e. The van der Waals surface area contributed by atoms with E-state index in [9.17, 15) is 14.0 Å². The summed E-state index contributed by atoms with van der Waals surface area (Å²) >= 11 is 0. The molecule has 0 aliphatic rings. The second kappa shape index (κ2) is 5.65. The molecule has 19 heavy (non-hydrogen) atoms. The number of benzene rings is 1. The number of aromatic amines is 1. The number of fused-ring (bicyclic) bond motifs is 1. The number of rotatable bonds is 4. The number of pyridine rings is 1. The van der Waals surface area contributed by atoms with Crippen LogP contribution in [0.4, 0.5) is 4.39 Å². The van der Waals surface area contributed by atoms with E-state index in [-0.39, 0.29) is 24.4 Å². The van der Waals surface area contributed by atoms with E-state index in [4.69, 9.17) is 4.74 Å². The highest BCUT2D eigenvalue weighted by molar-refractivity contribution is 5.79. The van der Waals surface area contributed by atoms with Gasteiger partial charge in [0.05, 0.1) is 12.1 Å². The minimum atomic E-state index is -0.397. The van der Waals surface area contributed by atoms with Gasteiger partial charge in [0, 0.05) is 17.4 Å². The predicted octanol–water partition coefficient (Wildman–Crippen LogP) is 2.16. The van der Waals surface area contributed by atoms with Gasteiger partial charge in [-0.25, -0.2) is 4.39 Å². The Balaban J connectivity index is 2.28. The van der Waals surface area contributed by atoms with Crippen molar-refractivity contribution in [2.24, 2.45) is 0 Å². The fourth-order valence-corrected chi connectivity index (χ4v) is 1.89. The number of H-pyrrole nitrogens is 1. The number of nitrogens with one attached hydrogen (secondary N) is 1. The van der Waals surface area contributed by atoms with Gasteiger partial charge >= 0.3 is 5.97 Å². The topological polar surface area (TPSA) is 59.2 Å². The summed E-state index contributed by atoms with van der Waals surface area (Å²) in [4.78, 5) is 25.6. The number of halogens is 1. The normalized spacial score (nSPS) is 10.6. The first-order valence-corrected chi connectivity index (χ1v) is 6.08. The number of carbonyl (C=O) groups is 1. The number of aryl methyl sites for hydroxylation is 1. The fourth-order valence-electron chi connectivity index (χ4n) is 1.89. The van der Waals surface area contributed by atoms with Gasteiger partial charge in [-0.15, -0.1) is 0 Å². The largest absolute Gasteiger partial charge is 0.466 e. The van der Waals surface area contributed by atoms with Gasteiger partial charge in [0.15, 0.2) is 0 Å². The van der Waals surface area contributed by atoms with Gasteiger partial charge in [-0.2, -0.15) is 0 Å². The summed E-state index contributed by atoms with van der Waals surface area (Å²) in [6.45, 7) is 2.03.